The van der Waals surface area contributed by atoms with Gasteiger partial charge in [-0.15, -0.1) is 10.2 Å². The minimum absolute atomic E-state index is 0.0544. The second-order valence-electron chi connectivity index (χ2n) is 7.55. The zero-order valence-corrected chi connectivity index (χ0v) is 16.9. The Morgan fingerprint density at radius 1 is 1.21 bits per heavy atom. The van der Waals surface area contributed by atoms with E-state index in [-0.39, 0.29) is 17.7 Å². The second-order valence-corrected chi connectivity index (χ2v) is 8.33. The second kappa shape index (κ2) is 8.24. The Morgan fingerprint density at radius 2 is 2.04 bits per heavy atom. The maximum atomic E-state index is 12.8. The van der Waals surface area contributed by atoms with Crippen molar-refractivity contribution in [1.29, 1.82) is 0 Å². The van der Waals surface area contributed by atoms with Crippen molar-refractivity contribution in [3.8, 4) is 11.5 Å². The number of rotatable bonds is 6. The molecule has 0 unspecified atom stereocenters. The number of benzene rings is 1. The Balaban J connectivity index is 1.52. The summed E-state index contributed by atoms with van der Waals surface area (Å²) in [7, 11) is 4.10. The molecule has 1 aromatic carbocycles. The standard InChI is InChI=1S/C21H24N4O2S/c1-24(2)11-17-12-25(19(26)10-15-8-9-28-14-15)13-18(17)21-23-22-20(27-21)16-6-4-3-5-7-16/h3-9,14,17-18H,10-13H2,1-2H3/t17-,18-/m0/s1. The first kappa shape index (κ1) is 18.8. The molecule has 0 saturated carbocycles. The SMILES string of the molecule is CN(C)C[C@H]1CN(C(=O)Cc2ccsc2)C[C@@H]1c1nnc(-c2ccccc2)o1. The first-order valence-electron chi connectivity index (χ1n) is 9.42. The molecular formula is C21H24N4O2S. The first-order valence-corrected chi connectivity index (χ1v) is 10.4. The molecule has 0 bridgehead atoms. The lowest BCUT2D eigenvalue weighted by Gasteiger charge is -2.19. The number of hydrogen-bond acceptors (Lipinski definition) is 6. The smallest absolute Gasteiger partial charge is 0.247 e. The van der Waals surface area contributed by atoms with Crippen LogP contribution in [-0.2, 0) is 11.2 Å². The van der Waals surface area contributed by atoms with E-state index in [1.165, 1.54) is 0 Å². The van der Waals surface area contributed by atoms with Gasteiger partial charge in [0.15, 0.2) is 0 Å². The van der Waals surface area contributed by atoms with Crippen molar-refractivity contribution in [2.24, 2.45) is 5.92 Å². The molecule has 1 aliphatic heterocycles. The molecule has 146 valence electrons. The van der Waals surface area contributed by atoms with Crippen LogP contribution in [0.3, 0.4) is 0 Å². The summed E-state index contributed by atoms with van der Waals surface area (Å²) >= 11 is 1.62. The lowest BCUT2D eigenvalue weighted by molar-refractivity contribution is -0.129. The van der Waals surface area contributed by atoms with Crippen molar-refractivity contribution in [3.63, 3.8) is 0 Å². The van der Waals surface area contributed by atoms with E-state index in [9.17, 15) is 4.79 Å². The fraction of sp³-hybridized carbons (Fsp3) is 0.381. The average molecular weight is 397 g/mol. The maximum Gasteiger partial charge on any atom is 0.247 e. The Hall–Kier alpha value is -2.51. The van der Waals surface area contributed by atoms with Crippen LogP contribution < -0.4 is 0 Å². The highest BCUT2D eigenvalue weighted by Crippen LogP contribution is 2.34. The molecule has 1 saturated heterocycles. The summed E-state index contributed by atoms with van der Waals surface area (Å²) in [6.07, 6.45) is 0.448. The van der Waals surface area contributed by atoms with Crippen LogP contribution in [0.5, 0.6) is 0 Å². The van der Waals surface area contributed by atoms with Crippen molar-refractivity contribution >= 4 is 17.2 Å². The predicted molar refractivity (Wildman–Crippen MR) is 109 cm³/mol. The molecule has 3 heterocycles. The molecule has 28 heavy (non-hydrogen) atoms. The van der Waals surface area contributed by atoms with Gasteiger partial charge in [0.05, 0.1) is 12.3 Å². The largest absolute Gasteiger partial charge is 0.420 e. The quantitative estimate of drug-likeness (QED) is 0.641. The van der Waals surface area contributed by atoms with E-state index in [1.54, 1.807) is 11.3 Å². The van der Waals surface area contributed by atoms with Gasteiger partial charge in [0, 0.05) is 31.1 Å². The first-order chi connectivity index (χ1) is 13.6. The van der Waals surface area contributed by atoms with Crippen molar-refractivity contribution in [3.05, 3.63) is 58.6 Å². The van der Waals surface area contributed by atoms with Gasteiger partial charge in [-0.25, -0.2) is 0 Å². The van der Waals surface area contributed by atoms with Crippen molar-refractivity contribution in [2.45, 2.75) is 12.3 Å². The predicted octanol–water partition coefficient (Wildman–Crippen LogP) is 3.14. The highest BCUT2D eigenvalue weighted by atomic mass is 32.1. The summed E-state index contributed by atoms with van der Waals surface area (Å²) in [6.45, 7) is 2.21. The van der Waals surface area contributed by atoms with Gasteiger partial charge in [0.2, 0.25) is 17.7 Å². The number of hydrogen-bond donors (Lipinski definition) is 0. The number of aromatic nitrogens is 2. The number of carbonyl (C=O) groups excluding carboxylic acids is 1. The Bertz CT molecular complexity index is 908. The maximum absolute atomic E-state index is 12.8. The Kier molecular flexibility index (Phi) is 5.54. The zero-order chi connectivity index (χ0) is 19.5. The molecule has 4 rings (SSSR count). The number of thiophene rings is 1. The van der Waals surface area contributed by atoms with Gasteiger partial charge in [-0.05, 0) is 48.6 Å². The van der Waals surface area contributed by atoms with Crippen molar-refractivity contribution in [1.82, 2.24) is 20.0 Å². The summed E-state index contributed by atoms with van der Waals surface area (Å²) in [4.78, 5) is 16.9. The van der Waals surface area contributed by atoms with Gasteiger partial charge >= 0.3 is 0 Å². The van der Waals surface area contributed by atoms with E-state index in [0.717, 1.165) is 24.2 Å². The number of carbonyl (C=O) groups is 1. The van der Waals surface area contributed by atoms with E-state index in [2.05, 4.69) is 29.2 Å². The lowest BCUT2D eigenvalue weighted by Crippen LogP contribution is -2.31. The van der Waals surface area contributed by atoms with Crippen molar-refractivity contribution in [2.75, 3.05) is 33.7 Å². The van der Waals surface area contributed by atoms with Crippen LogP contribution in [0.2, 0.25) is 0 Å². The Labute approximate surface area is 168 Å². The highest BCUT2D eigenvalue weighted by Gasteiger charge is 2.39. The third-order valence-electron chi connectivity index (χ3n) is 5.11. The summed E-state index contributed by atoms with van der Waals surface area (Å²) in [5.74, 6) is 1.63. The monoisotopic (exact) mass is 396 g/mol. The van der Waals surface area contributed by atoms with E-state index in [0.29, 0.717) is 24.7 Å². The molecule has 0 spiro atoms. The summed E-state index contributed by atoms with van der Waals surface area (Å²) in [6, 6.07) is 11.8. The molecule has 0 aliphatic carbocycles. The topological polar surface area (TPSA) is 62.5 Å². The zero-order valence-electron chi connectivity index (χ0n) is 16.1. The third kappa shape index (κ3) is 4.15. The van der Waals surface area contributed by atoms with Gasteiger partial charge in [0.1, 0.15) is 0 Å². The van der Waals surface area contributed by atoms with Gasteiger partial charge in [0.25, 0.3) is 0 Å². The van der Waals surface area contributed by atoms with E-state index in [1.807, 2.05) is 52.1 Å². The summed E-state index contributed by atoms with van der Waals surface area (Å²) in [5, 5.41) is 12.6. The van der Waals surface area contributed by atoms with Gasteiger partial charge in [-0.2, -0.15) is 11.3 Å². The van der Waals surface area contributed by atoms with Crippen LogP contribution in [0.15, 0.2) is 51.6 Å². The normalized spacial score (nSPS) is 19.5. The number of amides is 1. The molecule has 0 radical (unpaired) electrons. The Morgan fingerprint density at radius 3 is 2.75 bits per heavy atom. The number of likely N-dealkylation sites (tertiary alicyclic amines) is 1. The van der Waals surface area contributed by atoms with Crippen LogP contribution in [0, 0.1) is 5.92 Å². The molecule has 3 aromatic rings. The van der Waals surface area contributed by atoms with Crippen LogP contribution >= 0.6 is 11.3 Å². The molecule has 1 fully saturated rings. The molecule has 1 amide bonds. The molecule has 1 aliphatic rings. The van der Waals surface area contributed by atoms with E-state index in [4.69, 9.17) is 4.42 Å². The van der Waals surface area contributed by atoms with Gasteiger partial charge in [-0.1, -0.05) is 18.2 Å². The van der Waals surface area contributed by atoms with Crippen LogP contribution in [-0.4, -0.2) is 59.6 Å². The third-order valence-corrected chi connectivity index (χ3v) is 5.84. The fourth-order valence-electron chi connectivity index (χ4n) is 3.77. The van der Waals surface area contributed by atoms with Crippen LogP contribution in [0.25, 0.3) is 11.5 Å². The molecule has 7 heteroatoms. The lowest BCUT2D eigenvalue weighted by atomic mass is 9.95. The highest BCUT2D eigenvalue weighted by molar-refractivity contribution is 7.08. The van der Waals surface area contributed by atoms with Crippen LogP contribution in [0.1, 0.15) is 17.4 Å². The summed E-state index contributed by atoms with van der Waals surface area (Å²) < 4.78 is 6.02. The molecular weight excluding hydrogens is 372 g/mol. The molecule has 2 aromatic heterocycles. The molecule has 0 N–H and O–H groups in total. The summed E-state index contributed by atoms with van der Waals surface area (Å²) in [5.41, 5.74) is 1.99. The molecule has 6 nitrogen and oxygen atoms in total. The molecule has 2 atom stereocenters. The van der Waals surface area contributed by atoms with E-state index >= 15 is 0 Å². The minimum Gasteiger partial charge on any atom is -0.420 e. The minimum atomic E-state index is 0.0544. The van der Waals surface area contributed by atoms with Crippen molar-refractivity contribution < 1.29 is 9.21 Å². The fourth-order valence-corrected chi connectivity index (χ4v) is 4.44. The van der Waals surface area contributed by atoms with Crippen LogP contribution in [0.4, 0.5) is 0 Å². The average Bonchev–Trinajstić information content (AvgIpc) is 3.42. The van der Waals surface area contributed by atoms with E-state index < -0.39 is 0 Å². The van der Waals surface area contributed by atoms with Gasteiger partial charge < -0.3 is 14.2 Å². The van der Waals surface area contributed by atoms with Gasteiger partial charge in [-0.3, -0.25) is 4.79 Å². The number of nitrogens with zero attached hydrogens (tertiary/aromatic N) is 4.